The topological polar surface area (TPSA) is 63.3 Å². The molecule has 23 heavy (non-hydrogen) atoms. The van der Waals surface area contributed by atoms with Gasteiger partial charge in [0.2, 0.25) is 0 Å². The van der Waals surface area contributed by atoms with Crippen LogP contribution in [0.25, 0.3) is 0 Å². The summed E-state index contributed by atoms with van der Waals surface area (Å²) in [4.78, 5) is 9.00. The Morgan fingerprint density at radius 2 is 1.26 bits per heavy atom. The molecule has 3 N–H and O–H groups in total. The van der Waals surface area contributed by atoms with Gasteiger partial charge in [0.25, 0.3) is 5.97 Å². The molecule has 0 aromatic heterocycles. The molecular weight excluding hydrogens is 286 g/mol. The molecule has 0 aliphatic rings. The second-order valence-corrected chi connectivity index (χ2v) is 5.89. The first-order valence-electron chi connectivity index (χ1n) is 9.34. The number of carboxylic acid groups (broad SMARTS) is 1. The Kier molecular flexibility index (Phi) is 24.4. The van der Waals surface area contributed by atoms with Crippen molar-refractivity contribution in [3.05, 3.63) is 24.3 Å². The van der Waals surface area contributed by atoms with E-state index in [1.54, 1.807) is 0 Å². The Morgan fingerprint density at radius 3 is 1.74 bits per heavy atom. The number of aliphatic carboxylic acids is 1. The first-order valence-corrected chi connectivity index (χ1v) is 9.34. The largest absolute Gasteiger partial charge is 0.481 e. The molecular formula is C20H39NO2. The summed E-state index contributed by atoms with van der Waals surface area (Å²) in [6.07, 6.45) is 24.9. The van der Waals surface area contributed by atoms with Gasteiger partial charge in [-0.25, -0.2) is 0 Å². The van der Waals surface area contributed by atoms with Gasteiger partial charge >= 0.3 is 0 Å². The maximum atomic E-state index is 9.00. The number of carboxylic acids is 1. The molecule has 3 nitrogen and oxygen atoms in total. The minimum absolute atomic E-state index is 0.833. The average Bonchev–Trinajstić information content (AvgIpc) is 2.50. The van der Waals surface area contributed by atoms with E-state index in [0.29, 0.717) is 0 Å². The second kappa shape index (κ2) is 23.2. The molecule has 0 amide bonds. The van der Waals surface area contributed by atoms with Crippen LogP contribution in [0.2, 0.25) is 0 Å². The van der Waals surface area contributed by atoms with E-state index in [9.17, 15) is 0 Å². The maximum Gasteiger partial charge on any atom is 0.300 e. The molecule has 0 unspecified atom stereocenters. The van der Waals surface area contributed by atoms with Gasteiger partial charge in [-0.3, -0.25) is 4.79 Å². The molecule has 0 spiro atoms. The van der Waals surface area contributed by atoms with E-state index in [2.05, 4.69) is 31.2 Å². The monoisotopic (exact) mass is 325 g/mol. The van der Waals surface area contributed by atoms with E-state index in [1.165, 1.54) is 70.6 Å². The van der Waals surface area contributed by atoms with Crippen LogP contribution in [-0.2, 0) is 4.79 Å². The first kappa shape index (κ1) is 24.2. The molecule has 0 saturated heterocycles. The first-order chi connectivity index (χ1) is 11.1. The second-order valence-electron chi connectivity index (χ2n) is 5.89. The number of unbranched alkanes of at least 4 members (excludes halogenated alkanes) is 9. The third-order valence-electron chi connectivity index (χ3n) is 3.40. The zero-order valence-electron chi connectivity index (χ0n) is 15.4. The zero-order chi connectivity index (χ0) is 17.6. The van der Waals surface area contributed by atoms with Crippen LogP contribution in [0.15, 0.2) is 24.3 Å². The van der Waals surface area contributed by atoms with Crippen LogP contribution in [0.3, 0.4) is 0 Å². The summed E-state index contributed by atoms with van der Waals surface area (Å²) in [5.74, 6) is -0.833. The highest BCUT2D eigenvalue weighted by atomic mass is 16.4. The fraction of sp³-hybridized carbons (Fsp3) is 0.750. The summed E-state index contributed by atoms with van der Waals surface area (Å²) in [6, 6.07) is 0. The van der Waals surface area contributed by atoms with Gasteiger partial charge in [-0.05, 0) is 45.1 Å². The number of carbonyl (C=O) groups is 1. The van der Waals surface area contributed by atoms with E-state index >= 15 is 0 Å². The summed E-state index contributed by atoms with van der Waals surface area (Å²) < 4.78 is 0. The molecule has 0 radical (unpaired) electrons. The van der Waals surface area contributed by atoms with Crippen LogP contribution >= 0.6 is 0 Å². The molecule has 0 heterocycles. The summed E-state index contributed by atoms with van der Waals surface area (Å²) in [6.45, 7) is 4.19. The van der Waals surface area contributed by atoms with Crippen molar-refractivity contribution in [2.75, 3.05) is 6.54 Å². The van der Waals surface area contributed by atoms with Gasteiger partial charge < -0.3 is 10.8 Å². The van der Waals surface area contributed by atoms with Crippen molar-refractivity contribution < 1.29 is 9.90 Å². The van der Waals surface area contributed by atoms with Crippen LogP contribution < -0.4 is 5.73 Å². The van der Waals surface area contributed by atoms with Crippen LogP contribution in [0.4, 0.5) is 0 Å². The molecule has 3 heteroatoms. The fourth-order valence-electron chi connectivity index (χ4n) is 2.13. The highest BCUT2D eigenvalue weighted by Crippen LogP contribution is 2.07. The number of allylic oxidation sites excluding steroid dienone is 4. The van der Waals surface area contributed by atoms with Crippen molar-refractivity contribution in [2.45, 2.75) is 90.9 Å². The van der Waals surface area contributed by atoms with Gasteiger partial charge in [0.05, 0.1) is 0 Å². The van der Waals surface area contributed by atoms with E-state index in [4.69, 9.17) is 15.6 Å². The van der Waals surface area contributed by atoms with Crippen LogP contribution in [-0.4, -0.2) is 17.6 Å². The van der Waals surface area contributed by atoms with E-state index in [1.807, 2.05) is 0 Å². The molecule has 136 valence electrons. The maximum absolute atomic E-state index is 9.00. The lowest BCUT2D eigenvalue weighted by atomic mass is 10.1. The highest BCUT2D eigenvalue weighted by Gasteiger charge is 1.89. The number of hydrogen-bond acceptors (Lipinski definition) is 2. The quantitative estimate of drug-likeness (QED) is 0.311. The van der Waals surface area contributed by atoms with Gasteiger partial charge in [-0.1, -0.05) is 69.8 Å². The smallest absolute Gasteiger partial charge is 0.300 e. The highest BCUT2D eigenvalue weighted by molar-refractivity contribution is 5.62. The Morgan fingerprint density at radius 1 is 0.826 bits per heavy atom. The van der Waals surface area contributed by atoms with Crippen molar-refractivity contribution >= 4 is 5.97 Å². The number of hydrogen-bond donors (Lipinski definition) is 2. The molecule has 0 aromatic carbocycles. The Bertz CT molecular complexity index is 281. The zero-order valence-corrected chi connectivity index (χ0v) is 15.4. The summed E-state index contributed by atoms with van der Waals surface area (Å²) in [5, 5.41) is 7.42. The van der Waals surface area contributed by atoms with Crippen molar-refractivity contribution in [3.8, 4) is 0 Å². The molecule has 0 aromatic rings. The van der Waals surface area contributed by atoms with E-state index < -0.39 is 5.97 Å². The minimum Gasteiger partial charge on any atom is -0.481 e. The fourth-order valence-corrected chi connectivity index (χ4v) is 2.13. The molecule has 0 aliphatic heterocycles. The molecule has 0 saturated carbocycles. The molecule has 0 fully saturated rings. The predicted molar refractivity (Wildman–Crippen MR) is 102 cm³/mol. The predicted octanol–water partition coefficient (Wildman–Crippen LogP) is 5.85. The van der Waals surface area contributed by atoms with Crippen molar-refractivity contribution in [1.82, 2.24) is 0 Å². The Labute approximate surface area is 144 Å². The van der Waals surface area contributed by atoms with Gasteiger partial charge in [-0.15, -0.1) is 0 Å². The minimum atomic E-state index is -0.833. The van der Waals surface area contributed by atoms with Crippen LogP contribution in [0, 0.1) is 0 Å². The van der Waals surface area contributed by atoms with Gasteiger partial charge in [0.15, 0.2) is 0 Å². The molecule has 0 rings (SSSR count). The van der Waals surface area contributed by atoms with Crippen molar-refractivity contribution in [2.24, 2.45) is 5.73 Å². The van der Waals surface area contributed by atoms with E-state index in [0.717, 1.165) is 19.9 Å². The SMILES string of the molecule is CC(=O)O.CCCCC/C=C\C/C=C\CCCCCCCCN. The lowest BCUT2D eigenvalue weighted by Crippen LogP contribution is -1.97. The Hall–Kier alpha value is -1.09. The van der Waals surface area contributed by atoms with E-state index in [-0.39, 0.29) is 0 Å². The standard InChI is InChI=1S/C18H35N.C2H4O2/c1-2-3-4-5-6-7-8-9-10-11-12-13-14-15-16-17-18-19;1-2(3)4/h6-7,9-10H,2-5,8,11-19H2,1H3;1H3,(H,3,4)/b7-6-,10-9-;. The summed E-state index contributed by atoms with van der Waals surface area (Å²) >= 11 is 0. The average molecular weight is 326 g/mol. The normalized spacial score (nSPS) is 10.9. The molecule has 0 atom stereocenters. The third-order valence-corrected chi connectivity index (χ3v) is 3.40. The number of rotatable bonds is 14. The summed E-state index contributed by atoms with van der Waals surface area (Å²) in [7, 11) is 0. The third kappa shape index (κ3) is 33.6. The van der Waals surface area contributed by atoms with Gasteiger partial charge in [0, 0.05) is 6.92 Å². The van der Waals surface area contributed by atoms with Crippen LogP contribution in [0.1, 0.15) is 90.9 Å². The lowest BCUT2D eigenvalue weighted by molar-refractivity contribution is -0.134. The number of nitrogens with two attached hydrogens (primary N) is 1. The molecule has 0 aliphatic carbocycles. The Balaban J connectivity index is 0. The van der Waals surface area contributed by atoms with Gasteiger partial charge in [0.1, 0.15) is 0 Å². The lowest BCUT2D eigenvalue weighted by Gasteiger charge is -1.98. The summed E-state index contributed by atoms with van der Waals surface area (Å²) in [5.41, 5.74) is 5.47. The van der Waals surface area contributed by atoms with Crippen LogP contribution in [0.5, 0.6) is 0 Å². The van der Waals surface area contributed by atoms with Crippen molar-refractivity contribution in [1.29, 1.82) is 0 Å². The molecule has 0 bridgehead atoms. The van der Waals surface area contributed by atoms with Gasteiger partial charge in [-0.2, -0.15) is 0 Å². The van der Waals surface area contributed by atoms with Crippen molar-refractivity contribution in [3.63, 3.8) is 0 Å².